The minimum atomic E-state index is -0.596. The number of nitrogens with zero attached hydrogens (tertiary/aromatic N) is 1. The summed E-state index contributed by atoms with van der Waals surface area (Å²) in [7, 11) is 0. The Morgan fingerprint density at radius 2 is 1.90 bits per heavy atom. The molecule has 0 aliphatic carbocycles. The van der Waals surface area contributed by atoms with Crippen LogP contribution >= 0.6 is 0 Å². The van der Waals surface area contributed by atoms with Crippen molar-refractivity contribution in [2.75, 3.05) is 30.0 Å². The van der Waals surface area contributed by atoms with Gasteiger partial charge in [0, 0.05) is 18.7 Å². The molecule has 1 atom stereocenters. The highest BCUT2D eigenvalue weighted by Crippen LogP contribution is 2.30. The minimum absolute atomic E-state index is 0.0704. The second-order valence-corrected chi connectivity index (χ2v) is 7.21. The third-order valence-electron chi connectivity index (χ3n) is 5.13. The van der Waals surface area contributed by atoms with Crippen molar-refractivity contribution in [3.8, 4) is 5.75 Å². The Bertz CT molecular complexity index is 956. The van der Waals surface area contributed by atoms with Crippen molar-refractivity contribution in [3.05, 3.63) is 53.6 Å². The maximum atomic E-state index is 12.5. The van der Waals surface area contributed by atoms with Crippen molar-refractivity contribution in [2.45, 2.75) is 27.2 Å². The van der Waals surface area contributed by atoms with E-state index < -0.39 is 24.4 Å². The lowest BCUT2D eigenvalue weighted by Gasteiger charge is -2.20. The summed E-state index contributed by atoms with van der Waals surface area (Å²) in [5, 5.41) is 2.68. The predicted molar refractivity (Wildman–Crippen MR) is 114 cm³/mol. The number of benzene rings is 2. The van der Waals surface area contributed by atoms with Crippen molar-refractivity contribution < 1.29 is 23.9 Å². The first-order valence-electron chi connectivity index (χ1n) is 9.95. The van der Waals surface area contributed by atoms with Crippen molar-refractivity contribution in [2.24, 2.45) is 5.92 Å². The van der Waals surface area contributed by atoms with Crippen molar-refractivity contribution in [3.63, 3.8) is 0 Å². The van der Waals surface area contributed by atoms with E-state index in [1.54, 1.807) is 29.2 Å². The number of hydrogen-bond donors (Lipinski definition) is 1. The zero-order valence-corrected chi connectivity index (χ0v) is 17.4. The van der Waals surface area contributed by atoms with Crippen LogP contribution in [0.15, 0.2) is 42.5 Å². The molecule has 7 heteroatoms. The summed E-state index contributed by atoms with van der Waals surface area (Å²) in [5.41, 5.74) is 3.40. The number of para-hydroxylation sites is 2. The SMILES string of the molecule is CCOc1ccccc1NC(=O)COC(=O)[C@@H]1CC(=O)N(c2cccc(C)c2C)C1. The molecule has 1 fully saturated rings. The van der Waals surface area contributed by atoms with E-state index >= 15 is 0 Å². The number of ether oxygens (including phenoxy) is 2. The summed E-state index contributed by atoms with van der Waals surface area (Å²) < 4.78 is 10.6. The minimum Gasteiger partial charge on any atom is -0.492 e. The van der Waals surface area contributed by atoms with E-state index in [4.69, 9.17) is 9.47 Å². The first-order chi connectivity index (χ1) is 14.4. The summed E-state index contributed by atoms with van der Waals surface area (Å²) in [6, 6.07) is 12.8. The second-order valence-electron chi connectivity index (χ2n) is 7.21. The number of carbonyl (C=O) groups excluding carboxylic acids is 3. The predicted octanol–water partition coefficient (Wildman–Crippen LogP) is 3.24. The summed E-state index contributed by atoms with van der Waals surface area (Å²) in [6.45, 7) is 6.07. The lowest BCUT2D eigenvalue weighted by molar-refractivity contribution is -0.151. The highest BCUT2D eigenvalue weighted by molar-refractivity contribution is 6.00. The maximum absolute atomic E-state index is 12.5. The van der Waals surface area contributed by atoms with Gasteiger partial charge in [0.25, 0.3) is 5.91 Å². The van der Waals surface area contributed by atoms with Gasteiger partial charge < -0.3 is 19.7 Å². The molecule has 1 saturated heterocycles. The first-order valence-corrected chi connectivity index (χ1v) is 9.95. The molecule has 7 nitrogen and oxygen atoms in total. The molecule has 0 radical (unpaired) electrons. The molecule has 2 aromatic carbocycles. The lowest BCUT2D eigenvalue weighted by Crippen LogP contribution is -2.28. The number of aryl methyl sites for hydroxylation is 1. The van der Waals surface area contributed by atoms with Gasteiger partial charge in [-0.05, 0) is 50.1 Å². The van der Waals surface area contributed by atoms with Crippen LogP contribution in [-0.2, 0) is 19.1 Å². The molecule has 3 rings (SSSR count). The Morgan fingerprint density at radius 1 is 1.13 bits per heavy atom. The van der Waals surface area contributed by atoms with Gasteiger partial charge in [0.1, 0.15) is 5.75 Å². The van der Waals surface area contributed by atoms with Crippen LogP contribution in [0, 0.1) is 19.8 Å². The summed E-state index contributed by atoms with van der Waals surface area (Å²) >= 11 is 0. The zero-order valence-electron chi connectivity index (χ0n) is 17.4. The molecule has 1 N–H and O–H groups in total. The Balaban J connectivity index is 1.56. The van der Waals surface area contributed by atoms with Crippen LogP contribution in [0.5, 0.6) is 5.75 Å². The molecule has 1 heterocycles. The van der Waals surface area contributed by atoms with E-state index in [0.29, 0.717) is 18.0 Å². The van der Waals surface area contributed by atoms with Crippen molar-refractivity contribution in [1.82, 2.24) is 0 Å². The Hall–Kier alpha value is -3.35. The van der Waals surface area contributed by atoms with E-state index in [0.717, 1.165) is 16.8 Å². The van der Waals surface area contributed by atoms with Crippen LogP contribution in [0.2, 0.25) is 0 Å². The van der Waals surface area contributed by atoms with Gasteiger partial charge in [0.2, 0.25) is 5.91 Å². The van der Waals surface area contributed by atoms with Gasteiger partial charge in [-0.2, -0.15) is 0 Å². The number of amides is 2. The number of hydrogen-bond acceptors (Lipinski definition) is 5. The van der Waals surface area contributed by atoms with Gasteiger partial charge in [-0.1, -0.05) is 24.3 Å². The molecule has 0 spiro atoms. The highest BCUT2D eigenvalue weighted by Gasteiger charge is 2.37. The Morgan fingerprint density at radius 3 is 2.67 bits per heavy atom. The topological polar surface area (TPSA) is 84.9 Å². The number of rotatable bonds is 7. The third kappa shape index (κ3) is 4.79. The molecule has 0 saturated carbocycles. The second kappa shape index (κ2) is 9.43. The molecule has 1 aliphatic rings. The molecule has 2 amide bonds. The summed E-state index contributed by atoms with van der Waals surface area (Å²) in [5.74, 6) is -1.19. The van der Waals surface area contributed by atoms with E-state index in [9.17, 15) is 14.4 Å². The molecule has 0 unspecified atom stereocenters. The number of esters is 1. The summed E-state index contributed by atoms with van der Waals surface area (Å²) in [4.78, 5) is 38.7. The quantitative estimate of drug-likeness (QED) is 0.709. The highest BCUT2D eigenvalue weighted by atomic mass is 16.5. The van der Waals surface area contributed by atoms with Crippen molar-refractivity contribution >= 4 is 29.2 Å². The fraction of sp³-hybridized carbons (Fsp3) is 0.348. The van der Waals surface area contributed by atoms with Gasteiger partial charge in [0.15, 0.2) is 6.61 Å². The normalized spacial score (nSPS) is 15.8. The fourth-order valence-corrected chi connectivity index (χ4v) is 3.42. The van der Waals surface area contributed by atoms with Crippen LogP contribution < -0.4 is 15.0 Å². The van der Waals surface area contributed by atoms with Crippen LogP contribution in [0.4, 0.5) is 11.4 Å². The molecular formula is C23H26N2O5. The van der Waals surface area contributed by atoms with Crippen molar-refractivity contribution in [1.29, 1.82) is 0 Å². The lowest BCUT2D eigenvalue weighted by atomic mass is 10.1. The standard InChI is InChI=1S/C23H26N2O5/c1-4-29-20-11-6-5-9-18(20)24-21(26)14-30-23(28)17-12-22(27)25(13-17)19-10-7-8-15(2)16(19)3/h5-11,17H,4,12-14H2,1-3H3,(H,24,26)/t17-/m1/s1. The largest absolute Gasteiger partial charge is 0.492 e. The van der Waals surface area contributed by atoms with E-state index in [2.05, 4.69) is 5.32 Å². The molecule has 2 aromatic rings. The van der Waals surface area contributed by atoms with E-state index in [1.165, 1.54) is 0 Å². The average molecular weight is 410 g/mol. The molecule has 0 bridgehead atoms. The smallest absolute Gasteiger partial charge is 0.311 e. The van der Waals surface area contributed by atoms with E-state index in [1.807, 2.05) is 39.0 Å². The Labute approximate surface area is 176 Å². The maximum Gasteiger partial charge on any atom is 0.311 e. The third-order valence-corrected chi connectivity index (χ3v) is 5.13. The molecule has 30 heavy (non-hydrogen) atoms. The molecule has 0 aromatic heterocycles. The Kier molecular flexibility index (Phi) is 6.72. The van der Waals surface area contributed by atoms with Crippen LogP contribution in [0.25, 0.3) is 0 Å². The van der Waals surface area contributed by atoms with Crippen LogP contribution in [0.3, 0.4) is 0 Å². The van der Waals surface area contributed by atoms with Gasteiger partial charge in [-0.25, -0.2) is 0 Å². The van der Waals surface area contributed by atoms with E-state index in [-0.39, 0.29) is 18.9 Å². The van der Waals surface area contributed by atoms with Crippen LogP contribution in [0.1, 0.15) is 24.5 Å². The van der Waals surface area contributed by atoms with Gasteiger partial charge in [0.05, 0.1) is 18.2 Å². The van der Waals surface area contributed by atoms with Gasteiger partial charge >= 0.3 is 5.97 Å². The number of carbonyl (C=O) groups is 3. The van der Waals surface area contributed by atoms with Gasteiger partial charge in [-0.3, -0.25) is 14.4 Å². The average Bonchev–Trinajstić information content (AvgIpc) is 3.11. The molecule has 158 valence electrons. The number of nitrogens with one attached hydrogen (secondary N) is 1. The fourth-order valence-electron chi connectivity index (χ4n) is 3.42. The van der Waals surface area contributed by atoms with Gasteiger partial charge in [-0.15, -0.1) is 0 Å². The first kappa shape index (κ1) is 21.4. The number of anilines is 2. The summed E-state index contributed by atoms with van der Waals surface area (Å²) in [6.07, 6.45) is 0.0704. The molecule has 1 aliphatic heterocycles. The molecular weight excluding hydrogens is 384 g/mol. The monoisotopic (exact) mass is 410 g/mol. The van der Waals surface area contributed by atoms with Crippen LogP contribution in [-0.4, -0.2) is 37.5 Å². The zero-order chi connectivity index (χ0) is 21.7.